The van der Waals surface area contributed by atoms with Crippen molar-refractivity contribution in [1.29, 1.82) is 0 Å². The first-order valence-electron chi connectivity index (χ1n) is 5.91. The first-order chi connectivity index (χ1) is 9.18. The predicted octanol–water partition coefficient (Wildman–Crippen LogP) is 1.08. The zero-order valence-electron chi connectivity index (χ0n) is 10.7. The van der Waals surface area contributed by atoms with Crippen LogP contribution in [0.2, 0.25) is 0 Å². The lowest BCUT2D eigenvalue weighted by Crippen LogP contribution is -2.36. The maximum Gasteiger partial charge on any atom is 0.160 e. The molecule has 0 fully saturated rings. The predicted molar refractivity (Wildman–Crippen MR) is 74.3 cm³/mol. The summed E-state index contributed by atoms with van der Waals surface area (Å²) in [5.74, 6) is 6.29. The molecule has 0 aliphatic rings. The third-order valence-electron chi connectivity index (χ3n) is 2.91. The van der Waals surface area contributed by atoms with Gasteiger partial charge in [0, 0.05) is 0 Å². The van der Waals surface area contributed by atoms with Crippen LogP contribution < -0.4 is 16.6 Å². The summed E-state index contributed by atoms with van der Waals surface area (Å²) in [6, 6.07) is 9.67. The normalized spacial score (nSPS) is 13.6. The van der Waals surface area contributed by atoms with Crippen molar-refractivity contribution in [2.75, 3.05) is 17.3 Å². The molecule has 1 unspecified atom stereocenters. The van der Waals surface area contributed by atoms with E-state index in [1.807, 2.05) is 37.3 Å². The zero-order valence-corrected chi connectivity index (χ0v) is 10.7. The largest absolute Gasteiger partial charge is 0.394 e. The number of nitrogens with one attached hydrogen (secondary N) is 2. The number of anilines is 2. The van der Waals surface area contributed by atoms with E-state index in [2.05, 4.69) is 20.7 Å². The fraction of sp³-hybridized carbons (Fsp3) is 0.231. The Morgan fingerprint density at radius 3 is 2.53 bits per heavy atom. The second kappa shape index (κ2) is 5.64. The highest BCUT2D eigenvalue weighted by Crippen LogP contribution is 2.24. The van der Waals surface area contributed by atoms with E-state index in [0.717, 1.165) is 5.56 Å². The van der Waals surface area contributed by atoms with Gasteiger partial charge in [0.15, 0.2) is 5.82 Å². The highest BCUT2D eigenvalue weighted by Gasteiger charge is 2.25. The van der Waals surface area contributed by atoms with Gasteiger partial charge in [-0.25, -0.2) is 10.8 Å². The molecule has 1 atom stereocenters. The molecule has 0 saturated heterocycles. The Kier molecular flexibility index (Phi) is 3.94. The SMILES string of the molecule is CC(CO)(Nc1cncc(NN)n1)c1ccccc1. The van der Waals surface area contributed by atoms with Crippen molar-refractivity contribution in [2.24, 2.45) is 5.84 Å². The maximum absolute atomic E-state index is 9.68. The number of hydrazine groups is 1. The van der Waals surface area contributed by atoms with E-state index in [1.54, 1.807) is 6.20 Å². The number of rotatable bonds is 5. The second-order valence-corrected chi connectivity index (χ2v) is 4.42. The molecular formula is C13H17N5O. The molecule has 0 bridgehead atoms. The Morgan fingerprint density at radius 2 is 1.89 bits per heavy atom. The van der Waals surface area contributed by atoms with Crippen LogP contribution in [0, 0.1) is 0 Å². The molecule has 0 aliphatic heterocycles. The van der Waals surface area contributed by atoms with Gasteiger partial charge in [-0.15, -0.1) is 0 Å². The van der Waals surface area contributed by atoms with Crippen LogP contribution in [0.3, 0.4) is 0 Å². The standard InChI is InChI=1S/C13H17N5O/c1-13(9-19,10-5-3-2-4-6-10)17-11-7-15-8-12(16-11)18-14/h2-8,19H,9,14H2,1H3,(H2,16,17,18). The Balaban J connectivity index is 2.27. The van der Waals surface area contributed by atoms with Gasteiger partial charge in [-0.2, -0.15) is 0 Å². The van der Waals surface area contributed by atoms with E-state index >= 15 is 0 Å². The molecule has 0 spiro atoms. The molecule has 0 saturated carbocycles. The van der Waals surface area contributed by atoms with Crippen LogP contribution in [0.15, 0.2) is 42.7 Å². The molecule has 2 aromatic rings. The van der Waals surface area contributed by atoms with E-state index in [-0.39, 0.29) is 6.61 Å². The van der Waals surface area contributed by atoms with Gasteiger partial charge in [0.25, 0.3) is 0 Å². The molecule has 19 heavy (non-hydrogen) atoms. The quantitative estimate of drug-likeness (QED) is 0.474. The molecule has 0 aliphatic carbocycles. The fourth-order valence-electron chi connectivity index (χ4n) is 1.79. The maximum atomic E-state index is 9.68. The summed E-state index contributed by atoms with van der Waals surface area (Å²) >= 11 is 0. The first-order valence-corrected chi connectivity index (χ1v) is 5.91. The molecule has 1 aromatic carbocycles. The van der Waals surface area contributed by atoms with Gasteiger partial charge in [-0.1, -0.05) is 30.3 Å². The van der Waals surface area contributed by atoms with Crippen molar-refractivity contribution >= 4 is 11.6 Å². The fourth-order valence-corrected chi connectivity index (χ4v) is 1.79. The number of aliphatic hydroxyl groups excluding tert-OH is 1. The summed E-state index contributed by atoms with van der Waals surface area (Å²) in [4.78, 5) is 8.25. The summed E-state index contributed by atoms with van der Waals surface area (Å²) in [6.45, 7) is 1.82. The van der Waals surface area contributed by atoms with E-state index in [1.165, 1.54) is 6.20 Å². The third-order valence-corrected chi connectivity index (χ3v) is 2.91. The van der Waals surface area contributed by atoms with Crippen molar-refractivity contribution in [2.45, 2.75) is 12.5 Å². The molecule has 0 amide bonds. The Morgan fingerprint density at radius 1 is 1.21 bits per heavy atom. The summed E-state index contributed by atoms with van der Waals surface area (Å²) in [5, 5.41) is 12.9. The van der Waals surface area contributed by atoms with E-state index in [4.69, 9.17) is 5.84 Å². The number of aromatic nitrogens is 2. The highest BCUT2D eigenvalue weighted by atomic mass is 16.3. The van der Waals surface area contributed by atoms with E-state index in [9.17, 15) is 5.11 Å². The van der Waals surface area contributed by atoms with Crippen LogP contribution in [-0.2, 0) is 5.54 Å². The first kappa shape index (κ1) is 13.3. The van der Waals surface area contributed by atoms with Gasteiger partial charge >= 0.3 is 0 Å². The minimum absolute atomic E-state index is 0.0705. The van der Waals surface area contributed by atoms with Crippen LogP contribution in [0.5, 0.6) is 0 Å². The third kappa shape index (κ3) is 2.98. The van der Waals surface area contributed by atoms with Crippen LogP contribution in [0.4, 0.5) is 11.6 Å². The number of benzene rings is 1. The van der Waals surface area contributed by atoms with Crippen LogP contribution in [0.25, 0.3) is 0 Å². The summed E-state index contributed by atoms with van der Waals surface area (Å²) in [5.41, 5.74) is 2.76. The average molecular weight is 259 g/mol. The lowest BCUT2D eigenvalue weighted by atomic mass is 9.93. The topological polar surface area (TPSA) is 96.1 Å². The highest BCUT2D eigenvalue weighted by molar-refractivity contribution is 5.45. The minimum Gasteiger partial charge on any atom is -0.394 e. The average Bonchev–Trinajstić information content (AvgIpc) is 2.48. The number of hydrogen-bond acceptors (Lipinski definition) is 6. The lowest BCUT2D eigenvalue weighted by molar-refractivity contribution is 0.223. The molecule has 1 aromatic heterocycles. The molecule has 0 radical (unpaired) electrons. The van der Waals surface area contributed by atoms with Crippen LogP contribution >= 0.6 is 0 Å². The van der Waals surface area contributed by atoms with Gasteiger partial charge in [-0.05, 0) is 12.5 Å². The van der Waals surface area contributed by atoms with E-state index in [0.29, 0.717) is 11.6 Å². The van der Waals surface area contributed by atoms with Crippen molar-refractivity contribution in [3.05, 3.63) is 48.3 Å². The number of aliphatic hydroxyl groups is 1. The molecule has 2 rings (SSSR count). The zero-order chi connectivity index (χ0) is 13.7. The smallest absolute Gasteiger partial charge is 0.160 e. The van der Waals surface area contributed by atoms with Gasteiger partial charge < -0.3 is 15.8 Å². The van der Waals surface area contributed by atoms with Crippen LogP contribution in [0.1, 0.15) is 12.5 Å². The lowest BCUT2D eigenvalue weighted by Gasteiger charge is -2.29. The number of nitrogens with zero attached hydrogens (tertiary/aromatic N) is 2. The van der Waals surface area contributed by atoms with Crippen molar-refractivity contribution in [1.82, 2.24) is 9.97 Å². The molecule has 6 nitrogen and oxygen atoms in total. The molecule has 5 N–H and O–H groups in total. The second-order valence-electron chi connectivity index (χ2n) is 4.42. The van der Waals surface area contributed by atoms with Gasteiger partial charge in [0.1, 0.15) is 5.82 Å². The molecular weight excluding hydrogens is 242 g/mol. The summed E-state index contributed by atoms with van der Waals surface area (Å²) < 4.78 is 0. The van der Waals surface area contributed by atoms with Gasteiger partial charge in [0.05, 0.1) is 24.5 Å². The monoisotopic (exact) mass is 259 g/mol. The number of hydrogen-bond donors (Lipinski definition) is 4. The Hall–Kier alpha value is -2.18. The Bertz CT molecular complexity index is 534. The Labute approximate surface area is 111 Å². The van der Waals surface area contributed by atoms with E-state index < -0.39 is 5.54 Å². The summed E-state index contributed by atoms with van der Waals surface area (Å²) in [7, 11) is 0. The van der Waals surface area contributed by atoms with Crippen LogP contribution in [-0.4, -0.2) is 21.7 Å². The number of nitrogens with two attached hydrogens (primary N) is 1. The minimum atomic E-state index is -0.636. The molecule has 100 valence electrons. The molecule has 6 heteroatoms. The molecule has 1 heterocycles. The summed E-state index contributed by atoms with van der Waals surface area (Å²) in [6.07, 6.45) is 3.10. The number of nitrogen functional groups attached to an aromatic ring is 1. The van der Waals surface area contributed by atoms with Gasteiger partial charge in [-0.3, -0.25) is 4.98 Å². The van der Waals surface area contributed by atoms with Crippen molar-refractivity contribution in [3.63, 3.8) is 0 Å². The van der Waals surface area contributed by atoms with Crippen molar-refractivity contribution < 1.29 is 5.11 Å². The van der Waals surface area contributed by atoms with Crippen molar-refractivity contribution in [3.8, 4) is 0 Å². The van der Waals surface area contributed by atoms with Gasteiger partial charge in [0.2, 0.25) is 0 Å².